The number of hydroxylamine groups is 1. The first-order chi connectivity index (χ1) is 9.49. The molecule has 0 unspecified atom stereocenters. The van der Waals surface area contributed by atoms with E-state index in [1.807, 2.05) is 5.48 Å². The van der Waals surface area contributed by atoms with Crippen LogP contribution in [0, 0.1) is 0 Å². The molecule has 0 radical (unpaired) electrons. The Morgan fingerprint density at radius 3 is 2.80 bits per heavy atom. The zero-order chi connectivity index (χ0) is 14.9. The molecule has 2 aliphatic heterocycles. The molecule has 0 amide bonds. The van der Waals surface area contributed by atoms with Crippen molar-refractivity contribution in [3.63, 3.8) is 0 Å². The largest absolute Gasteiger partial charge is 0.393 e. The molecule has 0 aromatic rings. The van der Waals surface area contributed by atoms with Gasteiger partial charge in [0.2, 0.25) is 0 Å². The zero-order valence-electron chi connectivity index (χ0n) is 10.4. The third-order valence-corrected chi connectivity index (χ3v) is 3.74. The smallest absolute Gasteiger partial charge is 0.174 e. The zero-order valence-corrected chi connectivity index (χ0v) is 11.2. The molecule has 4 N–H and O–H groups in total. The lowest BCUT2D eigenvalue weighted by molar-refractivity contribution is -0.121. The lowest BCUT2D eigenvalue weighted by atomic mass is 9.99. The number of alkyl halides is 2. The Bertz CT molecular complexity index is 455. The number of nitrogens with zero attached hydrogens (tertiary/aromatic N) is 2. The van der Waals surface area contributed by atoms with Crippen LogP contribution in [-0.4, -0.2) is 62.7 Å². The lowest BCUT2D eigenvalue weighted by Crippen LogP contribution is -2.47. The first kappa shape index (κ1) is 15.2. The number of ether oxygens (including phenoxy) is 1. The molecular formula is C11H15ClFN3O4. The van der Waals surface area contributed by atoms with Crippen molar-refractivity contribution in [3.8, 4) is 0 Å². The molecular weight excluding hydrogens is 293 g/mol. The highest BCUT2D eigenvalue weighted by molar-refractivity contribution is 6.18. The second kappa shape index (κ2) is 5.66. The van der Waals surface area contributed by atoms with Crippen molar-refractivity contribution in [2.24, 2.45) is 4.99 Å². The van der Waals surface area contributed by atoms with Gasteiger partial charge in [-0.2, -0.15) is 0 Å². The molecule has 1 fully saturated rings. The van der Waals surface area contributed by atoms with E-state index in [1.165, 1.54) is 17.2 Å². The normalized spacial score (nSPS) is 37.2. The molecule has 112 valence electrons. The average Bonchev–Trinajstić information content (AvgIpc) is 2.72. The first-order valence-electron chi connectivity index (χ1n) is 5.80. The van der Waals surface area contributed by atoms with Crippen LogP contribution in [0.5, 0.6) is 0 Å². The first-order valence-corrected chi connectivity index (χ1v) is 6.33. The topological polar surface area (TPSA) is 97.6 Å². The van der Waals surface area contributed by atoms with E-state index in [0.29, 0.717) is 0 Å². The van der Waals surface area contributed by atoms with Crippen molar-refractivity contribution >= 4 is 17.4 Å². The standard InChI is InChI=1S/C11H15ClFN3O4/c1-6-14-7(15-19)2-3-16(6)10-8(13)9(18)11(4-12,5-17)20-10/h2-3,8-10,17-19H,1,4-5H2,(H,14,15)/t8-,9+,10-,11-/m1/s1. The van der Waals surface area contributed by atoms with Gasteiger partial charge < -0.3 is 19.8 Å². The van der Waals surface area contributed by atoms with Crippen molar-refractivity contribution in [2.75, 3.05) is 12.5 Å². The summed E-state index contributed by atoms with van der Waals surface area (Å²) in [4.78, 5) is 5.11. The summed E-state index contributed by atoms with van der Waals surface area (Å²) in [7, 11) is 0. The van der Waals surface area contributed by atoms with Crippen LogP contribution in [0.3, 0.4) is 0 Å². The number of aliphatic hydroxyl groups excluding tert-OH is 2. The third kappa shape index (κ3) is 2.29. The third-order valence-electron chi connectivity index (χ3n) is 3.29. The van der Waals surface area contributed by atoms with Crippen LogP contribution < -0.4 is 5.48 Å². The van der Waals surface area contributed by atoms with Crippen LogP contribution in [0.1, 0.15) is 0 Å². The Morgan fingerprint density at radius 1 is 1.65 bits per heavy atom. The number of hydrogen-bond acceptors (Lipinski definition) is 7. The Morgan fingerprint density at radius 2 is 2.35 bits per heavy atom. The molecule has 9 heteroatoms. The molecule has 0 spiro atoms. The summed E-state index contributed by atoms with van der Waals surface area (Å²) >= 11 is 5.67. The van der Waals surface area contributed by atoms with Gasteiger partial charge >= 0.3 is 0 Å². The summed E-state index contributed by atoms with van der Waals surface area (Å²) in [6.07, 6.45) is -1.83. The van der Waals surface area contributed by atoms with Crippen LogP contribution in [0.15, 0.2) is 29.7 Å². The molecule has 7 nitrogen and oxygen atoms in total. The van der Waals surface area contributed by atoms with E-state index >= 15 is 0 Å². The maximum absolute atomic E-state index is 14.2. The fourth-order valence-corrected chi connectivity index (χ4v) is 2.39. The van der Waals surface area contributed by atoms with Crippen LogP contribution in [0.2, 0.25) is 0 Å². The van der Waals surface area contributed by atoms with Gasteiger partial charge in [-0.05, 0) is 6.08 Å². The maximum Gasteiger partial charge on any atom is 0.174 e. The minimum absolute atomic E-state index is 0.104. The van der Waals surface area contributed by atoms with E-state index in [4.69, 9.17) is 21.5 Å². The van der Waals surface area contributed by atoms with Gasteiger partial charge in [-0.15, -0.1) is 11.6 Å². The number of hydrogen-bond donors (Lipinski definition) is 4. The van der Waals surface area contributed by atoms with Gasteiger partial charge in [0.25, 0.3) is 0 Å². The minimum atomic E-state index is -1.80. The SMILES string of the molecule is C=C1N=C(NO)C=CN1[C@@H]1O[C@@](CO)(CCl)[C@@H](O)[C@H]1F. The molecule has 0 aromatic heterocycles. The molecule has 2 heterocycles. The van der Waals surface area contributed by atoms with Gasteiger partial charge in [0.15, 0.2) is 18.2 Å². The Hall–Kier alpha value is -1.19. The number of amidine groups is 1. The van der Waals surface area contributed by atoms with Crippen LogP contribution in [-0.2, 0) is 4.74 Å². The fraction of sp³-hybridized carbons (Fsp3) is 0.545. The monoisotopic (exact) mass is 307 g/mol. The average molecular weight is 308 g/mol. The molecule has 20 heavy (non-hydrogen) atoms. The second-order valence-electron chi connectivity index (χ2n) is 4.50. The summed E-state index contributed by atoms with van der Waals surface area (Å²) in [5.74, 6) is -0.0311. The maximum atomic E-state index is 14.2. The van der Waals surface area contributed by atoms with Crippen LogP contribution in [0.4, 0.5) is 4.39 Å². The quantitative estimate of drug-likeness (QED) is 0.422. The van der Waals surface area contributed by atoms with Crippen molar-refractivity contribution in [2.45, 2.75) is 24.1 Å². The van der Waals surface area contributed by atoms with Gasteiger partial charge in [-0.25, -0.2) is 9.38 Å². The van der Waals surface area contributed by atoms with Gasteiger partial charge in [0.1, 0.15) is 17.5 Å². The summed E-state index contributed by atoms with van der Waals surface area (Å²) in [5.41, 5.74) is 0.264. The summed E-state index contributed by atoms with van der Waals surface area (Å²) in [6.45, 7) is 2.99. The van der Waals surface area contributed by atoms with Gasteiger partial charge in [-0.3, -0.25) is 10.7 Å². The van der Waals surface area contributed by atoms with Gasteiger partial charge in [-0.1, -0.05) is 6.58 Å². The summed E-state index contributed by atoms with van der Waals surface area (Å²) < 4.78 is 19.6. The van der Waals surface area contributed by atoms with Crippen molar-refractivity contribution in [1.29, 1.82) is 0 Å². The van der Waals surface area contributed by atoms with E-state index in [1.54, 1.807) is 0 Å². The van der Waals surface area contributed by atoms with E-state index in [0.717, 1.165) is 0 Å². The van der Waals surface area contributed by atoms with Crippen LogP contribution >= 0.6 is 11.6 Å². The fourth-order valence-electron chi connectivity index (χ4n) is 2.08. The number of aliphatic hydroxyl groups is 2. The second-order valence-corrected chi connectivity index (χ2v) is 4.77. The van der Waals surface area contributed by atoms with Crippen molar-refractivity contribution in [3.05, 3.63) is 24.7 Å². The molecule has 0 aliphatic carbocycles. The predicted molar refractivity (Wildman–Crippen MR) is 68.8 cm³/mol. The number of aliphatic imine (C=N–C) groups is 1. The van der Waals surface area contributed by atoms with Gasteiger partial charge in [0.05, 0.1) is 12.5 Å². The van der Waals surface area contributed by atoms with E-state index in [9.17, 15) is 14.6 Å². The number of rotatable bonds is 3. The summed E-state index contributed by atoms with van der Waals surface area (Å²) in [5, 5.41) is 27.9. The molecule has 4 atom stereocenters. The molecule has 0 saturated carbocycles. The number of nitrogens with one attached hydrogen (secondary N) is 1. The highest BCUT2D eigenvalue weighted by Crippen LogP contribution is 2.37. The Labute approximate surface area is 119 Å². The Kier molecular flexibility index (Phi) is 4.31. The Balaban J connectivity index is 2.21. The van der Waals surface area contributed by atoms with Crippen molar-refractivity contribution in [1.82, 2.24) is 10.4 Å². The minimum Gasteiger partial charge on any atom is -0.393 e. The molecule has 2 rings (SSSR count). The molecule has 2 aliphatic rings. The molecule has 0 aromatic carbocycles. The van der Waals surface area contributed by atoms with E-state index in [-0.39, 0.29) is 17.5 Å². The van der Waals surface area contributed by atoms with E-state index < -0.39 is 30.7 Å². The summed E-state index contributed by atoms with van der Waals surface area (Å²) in [6, 6.07) is 0. The van der Waals surface area contributed by atoms with Crippen LogP contribution in [0.25, 0.3) is 0 Å². The van der Waals surface area contributed by atoms with Gasteiger partial charge in [0, 0.05) is 6.20 Å². The molecule has 1 saturated heterocycles. The highest BCUT2D eigenvalue weighted by Gasteiger charge is 2.56. The number of halogens is 2. The highest BCUT2D eigenvalue weighted by atomic mass is 35.5. The molecule has 0 bridgehead atoms. The van der Waals surface area contributed by atoms with Crippen molar-refractivity contribution < 1.29 is 24.5 Å². The predicted octanol–water partition coefficient (Wildman–Crippen LogP) is -0.311. The lowest BCUT2D eigenvalue weighted by Gasteiger charge is -2.31. The van der Waals surface area contributed by atoms with E-state index in [2.05, 4.69) is 11.6 Å².